The van der Waals surface area contributed by atoms with E-state index in [9.17, 15) is 18.0 Å². The lowest BCUT2D eigenvalue weighted by molar-refractivity contribution is -0.126. The Morgan fingerprint density at radius 1 is 1.16 bits per heavy atom. The summed E-state index contributed by atoms with van der Waals surface area (Å²) in [6, 6.07) is 5.81. The van der Waals surface area contributed by atoms with Crippen LogP contribution in [0.5, 0.6) is 0 Å². The maximum atomic E-state index is 16.0. The number of fused-ring (bicyclic) bond motifs is 1. The Kier molecular flexibility index (Phi) is 7.91. The first-order chi connectivity index (χ1) is 21.4. The molecule has 0 aliphatic carbocycles. The third kappa shape index (κ3) is 5.16. The van der Waals surface area contributed by atoms with E-state index < -0.39 is 38.1 Å². The highest BCUT2D eigenvalue weighted by molar-refractivity contribution is 7.92. The summed E-state index contributed by atoms with van der Waals surface area (Å²) < 4.78 is 64.5. The van der Waals surface area contributed by atoms with Gasteiger partial charge in [0.05, 0.1) is 45.5 Å². The van der Waals surface area contributed by atoms with Gasteiger partial charge in [-0.15, -0.1) is 0 Å². The minimum atomic E-state index is -4.02. The number of piperazine rings is 1. The molecule has 1 amide bonds. The van der Waals surface area contributed by atoms with Crippen LogP contribution in [0.4, 0.5) is 14.6 Å². The van der Waals surface area contributed by atoms with Crippen LogP contribution in [0.2, 0.25) is 5.02 Å². The second kappa shape index (κ2) is 11.6. The Morgan fingerprint density at radius 3 is 2.56 bits per heavy atom. The molecular weight excluding hydrogens is 630 g/mol. The van der Waals surface area contributed by atoms with E-state index >= 15 is 8.78 Å². The van der Waals surface area contributed by atoms with E-state index in [4.69, 9.17) is 16.3 Å². The summed E-state index contributed by atoms with van der Waals surface area (Å²) in [6.45, 7) is 7.61. The molecule has 4 aromatic rings. The number of ether oxygens (including phenoxy) is 1. The molecule has 2 saturated heterocycles. The molecule has 15 heteroatoms. The summed E-state index contributed by atoms with van der Waals surface area (Å²) in [4.78, 5) is 42.5. The van der Waals surface area contributed by atoms with E-state index in [1.807, 2.05) is 6.92 Å². The monoisotopic (exact) mass is 656 g/mol. The number of benzene rings is 1. The molecule has 234 valence electrons. The number of rotatable bonds is 6. The second-order valence-corrected chi connectivity index (χ2v) is 13.4. The average Bonchev–Trinajstić information content (AvgIpc) is 2.96. The molecular formula is C30H27ClF2N6O5S. The fourth-order valence-electron chi connectivity index (χ4n) is 5.64. The molecule has 1 atom stereocenters. The van der Waals surface area contributed by atoms with E-state index in [2.05, 4.69) is 21.5 Å². The molecule has 0 spiro atoms. The zero-order valence-electron chi connectivity index (χ0n) is 24.2. The van der Waals surface area contributed by atoms with Crippen molar-refractivity contribution in [1.29, 1.82) is 0 Å². The Labute approximate surface area is 261 Å². The molecule has 0 radical (unpaired) electrons. The number of sulfone groups is 1. The first-order valence-electron chi connectivity index (χ1n) is 14.0. The molecule has 45 heavy (non-hydrogen) atoms. The SMILES string of the molecule is C=CC(=O)N1CCN(c2nc(=O)n(-c3c(S(=O)(=O)C4COC4)ccnc3C)c3nc(-c4c(F)cccc4Cl)c(F)cc23)[C@@H](C)C1. The Morgan fingerprint density at radius 2 is 1.91 bits per heavy atom. The number of hydrogen-bond acceptors (Lipinski definition) is 9. The summed E-state index contributed by atoms with van der Waals surface area (Å²) in [6.07, 6.45) is 2.52. The molecule has 0 bridgehead atoms. The third-order valence-electron chi connectivity index (χ3n) is 8.03. The van der Waals surface area contributed by atoms with Crippen molar-refractivity contribution in [1.82, 2.24) is 24.4 Å². The number of halogens is 3. The minimum Gasteiger partial charge on any atom is -0.379 e. The lowest BCUT2D eigenvalue weighted by Gasteiger charge is -2.40. The zero-order valence-corrected chi connectivity index (χ0v) is 25.8. The van der Waals surface area contributed by atoms with E-state index in [-0.39, 0.29) is 88.5 Å². The van der Waals surface area contributed by atoms with Crippen molar-refractivity contribution in [2.75, 3.05) is 37.7 Å². The predicted molar refractivity (Wildman–Crippen MR) is 163 cm³/mol. The molecule has 6 rings (SSSR count). The molecule has 3 aromatic heterocycles. The van der Waals surface area contributed by atoms with Gasteiger partial charge in [-0.1, -0.05) is 24.2 Å². The van der Waals surface area contributed by atoms with Crippen molar-refractivity contribution in [3.05, 3.63) is 82.0 Å². The first kappa shape index (κ1) is 30.7. The van der Waals surface area contributed by atoms with Crippen LogP contribution < -0.4 is 10.6 Å². The number of anilines is 1. The van der Waals surface area contributed by atoms with Crippen molar-refractivity contribution in [2.45, 2.75) is 30.0 Å². The van der Waals surface area contributed by atoms with Gasteiger partial charge < -0.3 is 14.5 Å². The third-order valence-corrected chi connectivity index (χ3v) is 10.4. The van der Waals surface area contributed by atoms with E-state index in [1.54, 1.807) is 9.80 Å². The van der Waals surface area contributed by atoms with Crippen LogP contribution in [0.15, 0.2) is 58.9 Å². The Balaban J connectivity index is 1.66. The standard InChI is InChI=1S/C30H27ClF2N6O5S/c1-4-24(40)37-10-11-38(16(2)13-37)28-19-12-22(33)26(25-20(31)6-5-7-21(25)32)35-29(19)39(30(41)36-28)27-17(3)34-9-8-23(27)45(42,43)18-14-44-15-18/h4-9,12,16,18H,1,10-11,13-15H2,2-3H3/t16-/m0/s1. The largest absolute Gasteiger partial charge is 0.379 e. The van der Waals surface area contributed by atoms with Gasteiger partial charge in [0.2, 0.25) is 5.91 Å². The van der Waals surface area contributed by atoms with Gasteiger partial charge in [0.25, 0.3) is 0 Å². The van der Waals surface area contributed by atoms with Crippen LogP contribution >= 0.6 is 11.6 Å². The Bertz CT molecular complexity index is 2030. The van der Waals surface area contributed by atoms with Gasteiger partial charge >= 0.3 is 5.69 Å². The summed E-state index contributed by atoms with van der Waals surface area (Å²) in [5.74, 6) is -1.98. The van der Waals surface area contributed by atoms with Crippen LogP contribution in [0.25, 0.3) is 28.0 Å². The van der Waals surface area contributed by atoms with Crippen molar-refractivity contribution in [3.63, 3.8) is 0 Å². The van der Waals surface area contributed by atoms with Gasteiger partial charge in [0, 0.05) is 31.9 Å². The molecule has 1 aromatic carbocycles. The highest BCUT2D eigenvalue weighted by Gasteiger charge is 2.38. The van der Waals surface area contributed by atoms with Crippen molar-refractivity contribution in [3.8, 4) is 16.9 Å². The van der Waals surface area contributed by atoms with E-state index in [0.717, 1.165) is 16.7 Å². The lowest BCUT2D eigenvalue weighted by Crippen LogP contribution is -2.54. The number of amides is 1. The van der Waals surface area contributed by atoms with Gasteiger partial charge in [-0.05, 0) is 44.2 Å². The molecule has 0 saturated carbocycles. The van der Waals surface area contributed by atoms with Gasteiger partial charge in [-0.25, -0.2) is 31.5 Å². The number of carbonyl (C=O) groups excluding carboxylic acids is 1. The topological polar surface area (TPSA) is 128 Å². The minimum absolute atomic E-state index is 0.0202. The van der Waals surface area contributed by atoms with Gasteiger partial charge in [-0.2, -0.15) is 4.98 Å². The average molecular weight is 657 g/mol. The zero-order chi connectivity index (χ0) is 32.2. The number of nitrogens with zero attached hydrogens (tertiary/aromatic N) is 6. The summed E-state index contributed by atoms with van der Waals surface area (Å²) >= 11 is 6.29. The number of carbonyl (C=O) groups is 1. The molecule has 2 aliphatic heterocycles. The molecule has 2 fully saturated rings. The van der Waals surface area contributed by atoms with Crippen LogP contribution in [-0.4, -0.2) is 82.9 Å². The summed E-state index contributed by atoms with van der Waals surface area (Å²) in [7, 11) is -4.02. The van der Waals surface area contributed by atoms with E-state index in [1.165, 1.54) is 37.4 Å². The molecule has 2 aliphatic rings. The molecule has 11 nitrogen and oxygen atoms in total. The Hall–Kier alpha value is -4.27. The van der Waals surface area contributed by atoms with Crippen molar-refractivity contribution < 1.29 is 26.7 Å². The highest BCUT2D eigenvalue weighted by atomic mass is 35.5. The van der Waals surface area contributed by atoms with Crippen molar-refractivity contribution in [2.24, 2.45) is 0 Å². The van der Waals surface area contributed by atoms with Crippen LogP contribution in [0.1, 0.15) is 12.6 Å². The first-order valence-corrected chi connectivity index (χ1v) is 15.9. The second-order valence-electron chi connectivity index (χ2n) is 10.8. The molecule has 0 N–H and O–H groups in total. The number of hydrogen-bond donors (Lipinski definition) is 0. The summed E-state index contributed by atoms with van der Waals surface area (Å²) in [5.41, 5.74) is -1.87. The summed E-state index contributed by atoms with van der Waals surface area (Å²) in [5, 5.41) is -0.913. The number of pyridine rings is 2. The van der Waals surface area contributed by atoms with Gasteiger partial charge in [0.15, 0.2) is 21.3 Å². The predicted octanol–water partition coefficient (Wildman–Crippen LogP) is 3.48. The fourth-order valence-corrected chi connectivity index (χ4v) is 7.56. The van der Waals surface area contributed by atoms with E-state index in [0.29, 0.717) is 0 Å². The number of aromatic nitrogens is 4. The lowest BCUT2D eigenvalue weighted by atomic mass is 10.1. The molecule has 0 unspecified atom stereocenters. The maximum absolute atomic E-state index is 16.0. The highest BCUT2D eigenvalue weighted by Crippen LogP contribution is 2.36. The normalized spacial score (nSPS) is 17.4. The maximum Gasteiger partial charge on any atom is 0.355 e. The number of aryl methyl sites for hydroxylation is 1. The van der Waals surface area contributed by atoms with Crippen molar-refractivity contribution >= 4 is 44.2 Å². The smallest absolute Gasteiger partial charge is 0.355 e. The quantitative estimate of drug-likeness (QED) is 0.287. The van der Waals surface area contributed by atoms with Crippen LogP contribution in [-0.2, 0) is 19.4 Å². The van der Waals surface area contributed by atoms with Crippen LogP contribution in [0.3, 0.4) is 0 Å². The van der Waals surface area contributed by atoms with Gasteiger partial charge in [0.1, 0.15) is 22.6 Å². The fraction of sp³-hybridized carbons (Fsp3) is 0.300. The van der Waals surface area contributed by atoms with Gasteiger partial charge in [-0.3, -0.25) is 9.78 Å². The molecule has 5 heterocycles. The van der Waals surface area contributed by atoms with Crippen LogP contribution in [0, 0.1) is 18.6 Å².